The normalized spacial score (nSPS) is 10.4. The molecule has 0 spiro atoms. The van der Waals surface area contributed by atoms with Crippen LogP contribution >= 0.6 is 28.3 Å². The zero-order valence-corrected chi connectivity index (χ0v) is 15.5. The van der Waals surface area contributed by atoms with E-state index < -0.39 is 0 Å². The quantitative estimate of drug-likeness (QED) is 0.796. The number of amides is 1. The molecular weight excluding hydrogens is 384 g/mol. The lowest BCUT2D eigenvalue weighted by Gasteiger charge is -2.17. The van der Waals surface area contributed by atoms with Crippen LogP contribution in [0.3, 0.4) is 0 Å². The van der Waals surface area contributed by atoms with Crippen LogP contribution in [0.1, 0.15) is 6.42 Å². The molecule has 1 aromatic heterocycles. The van der Waals surface area contributed by atoms with Crippen LogP contribution in [0.2, 0.25) is 0 Å². The second kappa shape index (κ2) is 9.00. The van der Waals surface area contributed by atoms with Crippen molar-refractivity contribution >= 4 is 45.1 Å². The average molecular weight is 404 g/mol. The maximum absolute atomic E-state index is 12.4. The summed E-state index contributed by atoms with van der Waals surface area (Å²) in [5.74, 6) is 0.0106. The molecular formula is C15H20BrClN4O2. The van der Waals surface area contributed by atoms with Gasteiger partial charge in [-0.1, -0.05) is 15.9 Å². The first kappa shape index (κ1) is 19.6. The van der Waals surface area contributed by atoms with E-state index in [4.69, 9.17) is 0 Å². The van der Waals surface area contributed by atoms with Gasteiger partial charge in [0, 0.05) is 37.6 Å². The molecule has 0 unspecified atom stereocenters. The molecule has 6 nitrogen and oxygen atoms in total. The Kier molecular flexibility index (Phi) is 7.67. The summed E-state index contributed by atoms with van der Waals surface area (Å²) in [6.45, 7) is 1.72. The zero-order chi connectivity index (χ0) is 16.1. The van der Waals surface area contributed by atoms with Crippen LogP contribution in [0.15, 0.2) is 33.8 Å². The summed E-state index contributed by atoms with van der Waals surface area (Å²) in [4.78, 5) is 30.3. The number of nitrogens with one attached hydrogen (secondary N) is 1. The third-order valence-electron chi connectivity index (χ3n) is 3.48. The van der Waals surface area contributed by atoms with Crippen molar-refractivity contribution in [3.63, 3.8) is 0 Å². The van der Waals surface area contributed by atoms with Crippen molar-refractivity contribution in [1.82, 2.24) is 19.8 Å². The number of carbonyl (C=O) groups is 1. The molecule has 1 aromatic carbocycles. The molecule has 0 aliphatic rings. The molecule has 8 heteroatoms. The molecule has 23 heavy (non-hydrogen) atoms. The lowest BCUT2D eigenvalue weighted by Crippen LogP contribution is -2.34. The van der Waals surface area contributed by atoms with Crippen LogP contribution in [-0.4, -0.2) is 47.5 Å². The molecule has 0 radical (unpaired) electrons. The zero-order valence-electron chi connectivity index (χ0n) is 13.1. The summed E-state index contributed by atoms with van der Waals surface area (Å²) in [6, 6.07) is 5.39. The van der Waals surface area contributed by atoms with Gasteiger partial charge in [0.25, 0.3) is 5.56 Å². The van der Waals surface area contributed by atoms with E-state index in [2.05, 4.69) is 26.2 Å². The molecule has 1 N–H and O–H groups in total. The Morgan fingerprint density at radius 2 is 2.17 bits per heavy atom. The Hall–Kier alpha value is -1.44. The molecule has 2 aromatic rings. The van der Waals surface area contributed by atoms with E-state index in [9.17, 15) is 9.59 Å². The summed E-state index contributed by atoms with van der Waals surface area (Å²) in [5, 5.41) is 3.55. The van der Waals surface area contributed by atoms with Crippen molar-refractivity contribution in [2.24, 2.45) is 0 Å². The molecule has 0 aliphatic carbocycles. The maximum atomic E-state index is 12.4. The predicted molar refractivity (Wildman–Crippen MR) is 97.1 cm³/mol. The minimum absolute atomic E-state index is 0. The largest absolute Gasteiger partial charge is 0.344 e. The van der Waals surface area contributed by atoms with Crippen LogP contribution in [0, 0.1) is 0 Å². The number of fused-ring (bicyclic) bond motifs is 1. The van der Waals surface area contributed by atoms with Gasteiger partial charge in [-0.15, -0.1) is 12.4 Å². The second-order valence-electron chi connectivity index (χ2n) is 5.07. The Labute approximate surface area is 149 Å². The van der Waals surface area contributed by atoms with Gasteiger partial charge in [-0.05, 0) is 25.2 Å². The van der Waals surface area contributed by atoms with Crippen molar-refractivity contribution in [3.05, 3.63) is 39.4 Å². The number of hydrogen-bond donors (Lipinski definition) is 1. The van der Waals surface area contributed by atoms with E-state index >= 15 is 0 Å². The molecule has 0 atom stereocenters. The molecule has 2 rings (SSSR count). The number of benzene rings is 1. The summed E-state index contributed by atoms with van der Waals surface area (Å²) in [5.41, 5.74) is 0.527. The van der Waals surface area contributed by atoms with Gasteiger partial charge in [-0.2, -0.15) is 0 Å². The molecule has 126 valence electrons. The van der Waals surface area contributed by atoms with Crippen molar-refractivity contribution in [2.45, 2.75) is 13.0 Å². The Morgan fingerprint density at radius 1 is 1.43 bits per heavy atom. The smallest absolute Gasteiger partial charge is 0.261 e. The van der Waals surface area contributed by atoms with Gasteiger partial charge in [-0.3, -0.25) is 14.2 Å². The molecule has 0 fully saturated rings. The summed E-state index contributed by atoms with van der Waals surface area (Å²) < 4.78 is 2.32. The standard InChI is InChI=1S/C15H19BrN4O2.ClH/c1-17-6-8-19(2)14(21)5-7-20-10-18-13-4-3-11(16)9-12(13)15(20)22;/h3-4,9-10,17H,5-8H2,1-2H3;1H. The van der Waals surface area contributed by atoms with Crippen LogP contribution in [-0.2, 0) is 11.3 Å². The number of aryl methyl sites for hydroxylation is 1. The number of carbonyl (C=O) groups excluding carboxylic acids is 1. The SMILES string of the molecule is CNCCN(C)C(=O)CCn1cnc2ccc(Br)cc2c1=O.Cl. The highest BCUT2D eigenvalue weighted by atomic mass is 79.9. The van der Waals surface area contributed by atoms with Crippen molar-refractivity contribution in [1.29, 1.82) is 0 Å². The lowest BCUT2D eigenvalue weighted by atomic mass is 10.2. The summed E-state index contributed by atoms with van der Waals surface area (Å²) in [6.07, 6.45) is 1.78. The third kappa shape index (κ3) is 5.02. The highest BCUT2D eigenvalue weighted by molar-refractivity contribution is 9.10. The van der Waals surface area contributed by atoms with Gasteiger partial charge in [-0.25, -0.2) is 4.98 Å². The number of hydrogen-bond acceptors (Lipinski definition) is 4. The molecule has 1 heterocycles. The minimum atomic E-state index is -0.128. The first-order valence-corrected chi connectivity index (χ1v) is 7.85. The van der Waals surface area contributed by atoms with Gasteiger partial charge < -0.3 is 10.2 Å². The summed E-state index contributed by atoms with van der Waals surface area (Å²) >= 11 is 3.35. The Bertz CT molecular complexity index is 735. The van der Waals surface area contributed by atoms with Gasteiger partial charge in [0.15, 0.2) is 0 Å². The monoisotopic (exact) mass is 402 g/mol. The van der Waals surface area contributed by atoms with E-state index in [0.29, 0.717) is 24.0 Å². The van der Waals surface area contributed by atoms with Gasteiger partial charge in [0.1, 0.15) is 0 Å². The second-order valence-corrected chi connectivity index (χ2v) is 5.99. The molecule has 0 bridgehead atoms. The van der Waals surface area contributed by atoms with Crippen LogP contribution in [0.25, 0.3) is 10.9 Å². The topological polar surface area (TPSA) is 67.2 Å². The lowest BCUT2D eigenvalue weighted by molar-refractivity contribution is -0.130. The van der Waals surface area contributed by atoms with E-state index in [-0.39, 0.29) is 30.3 Å². The van der Waals surface area contributed by atoms with Gasteiger partial charge in [0.2, 0.25) is 5.91 Å². The molecule has 0 aliphatic heterocycles. The van der Waals surface area contributed by atoms with E-state index in [1.807, 2.05) is 13.1 Å². The number of nitrogens with zero attached hydrogens (tertiary/aromatic N) is 3. The van der Waals surface area contributed by atoms with E-state index in [1.165, 1.54) is 10.9 Å². The number of rotatable bonds is 6. The van der Waals surface area contributed by atoms with Crippen LogP contribution in [0.4, 0.5) is 0 Å². The number of halogens is 2. The van der Waals surface area contributed by atoms with E-state index in [1.54, 1.807) is 24.1 Å². The first-order chi connectivity index (χ1) is 10.5. The average Bonchev–Trinajstić information content (AvgIpc) is 2.52. The van der Waals surface area contributed by atoms with Crippen molar-refractivity contribution in [2.75, 3.05) is 27.2 Å². The Morgan fingerprint density at radius 3 is 2.87 bits per heavy atom. The maximum Gasteiger partial charge on any atom is 0.261 e. The summed E-state index contributed by atoms with van der Waals surface area (Å²) in [7, 11) is 3.61. The first-order valence-electron chi connectivity index (χ1n) is 7.06. The van der Waals surface area contributed by atoms with Gasteiger partial charge in [0.05, 0.1) is 17.2 Å². The third-order valence-corrected chi connectivity index (χ3v) is 3.97. The van der Waals surface area contributed by atoms with Crippen LogP contribution in [0.5, 0.6) is 0 Å². The number of likely N-dealkylation sites (N-methyl/N-ethyl adjacent to an activating group) is 2. The highest BCUT2D eigenvalue weighted by Gasteiger charge is 2.10. The highest BCUT2D eigenvalue weighted by Crippen LogP contribution is 2.14. The number of aromatic nitrogens is 2. The fraction of sp³-hybridized carbons (Fsp3) is 0.400. The van der Waals surface area contributed by atoms with E-state index in [0.717, 1.165) is 11.0 Å². The van der Waals surface area contributed by atoms with Gasteiger partial charge >= 0.3 is 0 Å². The molecule has 0 saturated carbocycles. The molecule has 0 saturated heterocycles. The van der Waals surface area contributed by atoms with Crippen LogP contribution < -0.4 is 10.9 Å². The Balaban J connectivity index is 0.00000264. The molecule has 1 amide bonds. The fourth-order valence-corrected chi connectivity index (χ4v) is 2.46. The van der Waals surface area contributed by atoms with Crippen molar-refractivity contribution < 1.29 is 4.79 Å². The minimum Gasteiger partial charge on any atom is -0.344 e. The van der Waals surface area contributed by atoms with Crippen molar-refractivity contribution in [3.8, 4) is 0 Å². The fourth-order valence-electron chi connectivity index (χ4n) is 2.10. The predicted octanol–water partition coefficient (Wildman–Crippen LogP) is 1.65.